The molecule has 0 aliphatic carbocycles. The average Bonchev–Trinajstić information content (AvgIpc) is 2.84. The number of aryl methyl sites for hydroxylation is 1. The van der Waals surface area contributed by atoms with Crippen molar-refractivity contribution in [2.45, 2.75) is 25.7 Å². The van der Waals surface area contributed by atoms with Crippen LogP contribution in [0.5, 0.6) is 0 Å². The zero-order chi connectivity index (χ0) is 12.8. The van der Waals surface area contributed by atoms with Crippen molar-refractivity contribution < 1.29 is 0 Å². The van der Waals surface area contributed by atoms with E-state index in [1.54, 1.807) is 0 Å². The fourth-order valence-corrected chi connectivity index (χ4v) is 1.87. The molecule has 0 radical (unpaired) electrons. The predicted molar refractivity (Wildman–Crippen MR) is 73.4 cm³/mol. The molecule has 0 saturated carbocycles. The van der Waals surface area contributed by atoms with E-state index in [-0.39, 0.29) is 0 Å². The second-order valence-electron chi connectivity index (χ2n) is 4.21. The molecule has 96 valence electrons. The third-order valence-electron chi connectivity index (χ3n) is 2.75. The Morgan fingerprint density at radius 3 is 2.61 bits per heavy atom. The highest BCUT2D eigenvalue weighted by Gasteiger charge is 2.05. The zero-order valence-corrected chi connectivity index (χ0v) is 11.0. The van der Waals surface area contributed by atoms with Crippen LogP contribution in [0, 0.1) is 0 Å². The van der Waals surface area contributed by atoms with E-state index in [4.69, 9.17) is 17.3 Å². The Labute approximate surface area is 112 Å². The fraction of sp³-hybridized carbons (Fsp3) is 0.385. The van der Waals surface area contributed by atoms with Gasteiger partial charge < -0.3 is 5.73 Å². The van der Waals surface area contributed by atoms with E-state index in [9.17, 15) is 0 Å². The van der Waals surface area contributed by atoms with Gasteiger partial charge in [0.15, 0.2) is 5.82 Å². The highest BCUT2D eigenvalue weighted by Crippen LogP contribution is 2.18. The number of halogens is 1. The second-order valence-corrected chi connectivity index (χ2v) is 4.65. The van der Waals surface area contributed by atoms with Crippen molar-refractivity contribution in [2.24, 2.45) is 5.73 Å². The van der Waals surface area contributed by atoms with Crippen LogP contribution in [0.2, 0.25) is 5.02 Å². The fourth-order valence-electron chi connectivity index (χ4n) is 1.75. The standard InChI is InChI=1S/C13H17ClN4/c14-11-7-5-10(6-8-11)13-16-12(17-18-13)4-2-1-3-9-15/h5-8H,1-4,9,15H2,(H,16,17,18). The normalized spacial score (nSPS) is 10.8. The molecule has 0 aliphatic heterocycles. The van der Waals surface area contributed by atoms with Gasteiger partial charge in [-0.05, 0) is 43.7 Å². The largest absolute Gasteiger partial charge is 0.330 e. The third-order valence-corrected chi connectivity index (χ3v) is 3.00. The minimum Gasteiger partial charge on any atom is -0.330 e. The van der Waals surface area contributed by atoms with Crippen LogP contribution in [-0.4, -0.2) is 21.7 Å². The van der Waals surface area contributed by atoms with E-state index in [0.29, 0.717) is 0 Å². The van der Waals surface area contributed by atoms with Crippen LogP contribution in [0.15, 0.2) is 24.3 Å². The minimum atomic E-state index is 0.719. The number of aromatic amines is 1. The topological polar surface area (TPSA) is 67.6 Å². The molecular weight excluding hydrogens is 248 g/mol. The van der Waals surface area contributed by atoms with Crippen LogP contribution >= 0.6 is 11.6 Å². The summed E-state index contributed by atoms with van der Waals surface area (Å²) in [6, 6.07) is 7.52. The predicted octanol–water partition coefficient (Wildman–Crippen LogP) is 2.80. The average molecular weight is 265 g/mol. The summed E-state index contributed by atoms with van der Waals surface area (Å²) >= 11 is 5.84. The highest BCUT2D eigenvalue weighted by molar-refractivity contribution is 6.30. The first-order chi connectivity index (χ1) is 8.79. The first-order valence-electron chi connectivity index (χ1n) is 6.17. The number of hydrogen-bond donors (Lipinski definition) is 2. The molecule has 0 saturated heterocycles. The number of unbranched alkanes of at least 4 members (excludes halogenated alkanes) is 2. The zero-order valence-electron chi connectivity index (χ0n) is 10.2. The van der Waals surface area contributed by atoms with Crippen LogP contribution in [-0.2, 0) is 6.42 Å². The molecule has 2 aromatic rings. The Bertz CT molecular complexity index is 478. The van der Waals surface area contributed by atoms with Gasteiger partial charge in [-0.2, -0.15) is 5.10 Å². The Morgan fingerprint density at radius 1 is 1.11 bits per heavy atom. The van der Waals surface area contributed by atoms with E-state index < -0.39 is 0 Å². The second kappa shape index (κ2) is 6.52. The molecule has 0 spiro atoms. The molecule has 0 bridgehead atoms. The summed E-state index contributed by atoms with van der Waals surface area (Å²) in [4.78, 5) is 4.47. The summed E-state index contributed by atoms with van der Waals surface area (Å²) in [6.45, 7) is 0.756. The summed E-state index contributed by atoms with van der Waals surface area (Å²) in [7, 11) is 0. The molecule has 0 aliphatic rings. The van der Waals surface area contributed by atoms with Gasteiger partial charge in [0.2, 0.25) is 0 Å². The molecule has 1 aromatic carbocycles. The molecule has 5 heteroatoms. The van der Waals surface area contributed by atoms with Gasteiger partial charge in [-0.25, -0.2) is 4.98 Å². The van der Waals surface area contributed by atoms with Crippen LogP contribution in [0.25, 0.3) is 11.4 Å². The monoisotopic (exact) mass is 264 g/mol. The van der Waals surface area contributed by atoms with E-state index in [2.05, 4.69) is 15.2 Å². The lowest BCUT2D eigenvalue weighted by Gasteiger charge is -1.96. The van der Waals surface area contributed by atoms with Crippen molar-refractivity contribution in [3.8, 4) is 11.4 Å². The quantitative estimate of drug-likeness (QED) is 0.789. The van der Waals surface area contributed by atoms with Crippen LogP contribution < -0.4 is 5.73 Å². The Morgan fingerprint density at radius 2 is 1.89 bits per heavy atom. The lowest BCUT2D eigenvalue weighted by atomic mass is 10.2. The number of H-pyrrole nitrogens is 1. The molecule has 2 rings (SSSR count). The third kappa shape index (κ3) is 3.55. The molecule has 1 aromatic heterocycles. The van der Waals surface area contributed by atoms with Crippen LogP contribution in [0.4, 0.5) is 0 Å². The van der Waals surface area contributed by atoms with Gasteiger partial charge in [0.05, 0.1) is 0 Å². The maximum atomic E-state index is 5.84. The number of nitrogens with two attached hydrogens (primary N) is 1. The minimum absolute atomic E-state index is 0.719. The summed E-state index contributed by atoms with van der Waals surface area (Å²) in [6.07, 6.45) is 4.21. The van der Waals surface area contributed by atoms with E-state index in [1.807, 2.05) is 24.3 Å². The van der Waals surface area contributed by atoms with E-state index >= 15 is 0 Å². The van der Waals surface area contributed by atoms with Crippen molar-refractivity contribution in [3.05, 3.63) is 35.1 Å². The van der Waals surface area contributed by atoms with Crippen molar-refractivity contribution >= 4 is 11.6 Å². The molecule has 0 atom stereocenters. The lowest BCUT2D eigenvalue weighted by molar-refractivity contribution is 0.670. The molecule has 1 heterocycles. The van der Waals surface area contributed by atoms with Crippen molar-refractivity contribution in [1.29, 1.82) is 0 Å². The number of rotatable bonds is 6. The van der Waals surface area contributed by atoms with Crippen molar-refractivity contribution in [1.82, 2.24) is 15.2 Å². The number of nitrogens with one attached hydrogen (secondary N) is 1. The van der Waals surface area contributed by atoms with Crippen LogP contribution in [0.1, 0.15) is 25.1 Å². The lowest BCUT2D eigenvalue weighted by Crippen LogP contribution is -1.98. The van der Waals surface area contributed by atoms with E-state index in [0.717, 1.165) is 54.5 Å². The molecular formula is C13H17ClN4. The molecule has 0 fully saturated rings. The molecule has 4 nitrogen and oxygen atoms in total. The van der Waals surface area contributed by atoms with Gasteiger partial charge in [0.1, 0.15) is 5.82 Å². The first-order valence-corrected chi connectivity index (χ1v) is 6.54. The molecule has 0 amide bonds. The Hall–Kier alpha value is -1.39. The summed E-state index contributed by atoms with van der Waals surface area (Å²) in [5.74, 6) is 1.65. The number of hydrogen-bond acceptors (Lipinski definition) is 3. The molecule has 3 N–H and O–H groups in total. The smallest absolute Gasteiger partial charge is 0.181 e. The van der Waals surface area contributed by atoms with Gasteiger partial charge in [-0.15, -0.1) is 0 Å². The number of nitrogens with zero attached hydrogens (tertiary/aromatic N) is 2. The van der Waals surface area contributed by atoms with Gasteiger partial charge in [-0.1, -0.05) is 18.0 Å². The van der Waals surface area contributed by atoms with Gasteiger partial charge in [0.25, 0.3) is 0 Å². The molecule has 18 heavy (non-hydrogen) atoms. The summed E-state index contributed by atoms with van der Waals surface area (Å²) in [5.41, 5.74) is 6.43. The Balaban J connectivity index is 1.95. The van der Waals surface area contributed by atoms with Crippen molar-refractivity contribution in [3.63, 3.8) is 0 Å². The maximum Gasteiger partial charge on any atom is 0.181 e. The van der Waals surface area contributed by atoms with Gasteiger partial charge in [-0.3, -0.25) is 5.10 Å². The summed E-state index contributed by atoms with van der Waals surface area (Å²) in [5, 5.41) is 7.90. The maximum absolute atomic E-state index is 5.84. The van der Waals surface area contributed by atoms with Crippen LogP contribution in [0.3, 0.4) is 0 Å². The highest BCUT2D eigenvalue weighted by atomic mass is 35.5. The first kappa shape index (κ1) is 13.1. The SMILES string of the molecule is NCCCCCc1nc(-c2ccc(Cl)cc2)n[nH]1. The van der Waals surface area contributed by atoms with Gasteiger partial charge in [0, 0.05) is 17.0 Å². The number of aromatic nitrogens is 3. The Kier molecular flexibility index (Phi) is 4.73. The van der Waals surface area contributed by atoms with Gasteiger partial charge >= 0.3 is 0 Å². The molecule has 0 unspecified atom stereocenters. The van der Waals surface area contributed by atoms with E-state index in [1.165, 1.54) is 0 Å². The van der Waals surface area contributed by atoms with Crippen molar-refractivity contribution in [2.75, 3.05) is 6.54 Å². The summed E-state index contributed by atoms with van der Waals surface area (Å²) < 4.78 is 0. The number of benzene rings is 1.